The van der Waals surface area contributed by atoms with Gasteiger partial charge in [0.25, 0.3) is 0 Å². The van der Waals surface area contributed by atoms with Gasteiger partial charge in [-0.05, 0) is 36.5 Å². The van der Waals surface area contributed by atoms with Crippen LogP contribution in [0.4, 0.5) is 13.2 Å². The molecule has 0 aromatic heterocycles. The Balaban J connectivity index is 2.19. The zero-order chi connectivity index (χ0) is 14.0. The topological polar surface area (TPSA) is 26.0 Å². The molecule has 1 atom stereocenters. The van der Waals surface area contributed by atoms with Crippen molar-refractivity contribution < 1.29 is 13.2 Å². The average molecular weight is 292 g/mol. The molecular formula is C14H17ClF3N. The first kappa shape index (κ1) is 14.7. The van der Waals surface area contributed by atoms with Gasteiger partial charge in [-0.3, -0.25) is 0 Å². The molecule has 1 aromatic carbocycles. The number of halogens is 4. The second-order valence-corrected chi connectivity index (χ2v) is 5.57. The molecule has 0 radical (unpaired) electrons. The van der Waals surface area contributed by atoms with Crippen molar-refractivity contribution in [2.75, 3.05) is 0 Å². The molecule has 0 heterocycles. The van der Waals surface area contributed by atoms with Crippen LogP contribution in [0.25, 0.3) is 0 Å². The van der Waals surface area contributed by atoms with Crippen molar-refractivity contribution in [3.05, 3.63) is 34.3 Å². The molecular weight excluding hydrogens is 275 g/mol. The molecule has 1 nitrogen and oxygen atoms in total. The first-order valence-corrected chi connectivity index (χ1v) is 6.89. The zero-order valence-corrected chi connectivity index (χ0v) is 11.3. The SMILES string of the molecule is N[C@H](c1ccc(C(F)(F)F)c(Cl)c1)C1CCCCC1. The van der Waals surface area contributed by atoms with Gasteiger partial charge in [-0.15, -0.1) is 0 Å². The van der Waals surface area contributed by atoms with Crippen LogP contribution in [-0.4, -0.2) is 0 Å². The van der Waals surface area contributed by atoms with Crippen molar-refractivity contribution in [2.45, 2.75) is 44.3 Å². The van der Waals surface area contributed by atoms with Crippen LogP contribution in [0.15, 0.2) is 18.2 Å². The highest BCUT2D eigenvalue weighted by atomic mass is 35.5. The summed E-state index contributed by atoms with van der Waals surface area (Å²) in [6.07, 6.45) is 1.18. The smallest absolute Gasteiger partial charge is 0.324 e. The summed E-state index contributed by atoms with van der Waals surface area (Å²) >= 11 is 5.72. The summed E-state index contributed by atoms with van der Waals surface area (Å²) in [5, 5.41) is -0.267. The van der Waals surface area contributed by atoms with Crippen molar-refractivity contribution in [1.29, 1.82) is 0 Å². The standard InChI is InChI=1S/C14H17ClF3N/c15-12-8-10(6-7-11(12)14(16,17)18)13(19)9-4-2-1-3-5-9/h6-9,13H,1-5,19H2/t13-/m0/s1. The van der Waals surface area contributed by atoms with Crippen molar-refractivity contribution >= 4 is 11.6 Å². The van der Waals surface area contributed by atoms with Gasteiger partial charge in [-0.1, -0.05) is 36.9 Å². The van der Waals surface area contributed by atoms with Crippen LogP contribution in [0, 0.1) is 5.92 Å². The zero-order valence-electron chi connectivity index (χ0n) is 10.5. The quantitative estimate of drug-likeness (QED) is 0.820. The Labute approximate surface area is 115 Å². The summed E-state index contributed by atoms with van der Waals surface area (Å²) < 4.78 is 37.9. The number of hydrogen-bond acceptors (Lipinski definition) is 1. The average Bonchev–Trinajstić information content (AvgIpc) is 2.37. The van der Waals surface area contributed by atoms with Crippen LogP contribution >= 0.6 is 11.6 Å². The maximum atomic E-state index is 12.6. The third-order valence-corrected chi connectivity index (χ3v) is 4.15. The van der Waals surface area contributed by atoms with Crippen LogP contribution in [0.1, 0.15) is 49.3 Å². The van der Waals surface area contributed by atoms with Gasteiger partial charge in [0.15, 0.2) is 0 Å². The minimum absolute atomic E-state index is 0.222. The van der Waals surface area contributed by atoms with E-state index < -0.39 is 11.7 Å². The molecule has 106 valence electrons. The van der Waals surface area contributed by atoms with Gasteiger partial charge in [-0.2, -0.15) is 13.2 Å². The monoisotopic (exact) mass is 291 g/mol. The molecule has 2 N–H and O–H groups in total. The molecule has 0 aliphatic heterocycles. The molecule has 0 amide bonds. The van der Waals surface area contributed by atoms with E-state index in [0.717, 1.165) is 31.7 Å². The van der Waals surface area contributed by atoms with E-state index in [1.54, 1.807) is 0 Å². The van der Waals surface area contributed by atoms with E-state index in [9.17, 15) is 13.2 Å². The molecule has 19 heavy (non-hydrogen) atoms. The van der Waals surface area contributed by atoms with Gasteiger partial charge in [0, 0.05) is 6.04 Å². The summed E-state index contributed by atoms with van der Waals surface area (Å²) in [6, 6.07) is 3.62. The van der Waals surface area contributed by atoms with Crippen LogP contribution in [0.5, 0.6) is 0 Å². The minimum atomic E-state index is -4.41. The van der Waals surface area contributed by atoms with Crippen LogP contribution in [0.3, 0.4) is 0 Å². The lowest BCUT2D eigenvalue weighted by Gasteiger charge is -2.28. The van der Waals surface area contributed by atoms with E-state index in [1.807, 2.05) is 0 Å². The molecule has 0 saturated heterocycles. The van der Waals surface area contributed by atoms with Gasteiger partial charge >= 0.3 is 6.18 Å². The van der Waals surface area contributed by atoms with Gasteiger partial charge in [0.2, 0.25) is 0 Å². The molecule has 1 saturated carbocycles. The van der Waals surface area contributed by atoms with Crippen molar-refractivity contribution in [3.63, 3.8) is 0 Å². The summed E-state index contributed by atoms with van der Waals surface area (Å²) in [6.45, 7) is 0. The number of nitrogens with two attached hydrogens (primary N) is 1. The Morgan fingerprint density at radius 2 is 1.79 bits per heavy atom. The number of hydrogen-bond donors (Lipinski definition) is 1. The molecule has 1 fully saturated rings. The molecule has 0 spiro atoms. The van der Waals surface area contributed by atoms with Crippen LogP contribution in [-0.2, 0) is 6.18 Å². The largest absolute Gasteiger partial charge is 0.417 e. The van der Waals surface area contributed by atoms with Crippen LogP contribution < -0.4 is 5.73 Å². The Morgan fingerprint density at radius 1 is 1.16 bits per heavy atom. The Kier molecular flexibility index (Phi) is 4.41. The summed E-state index contributed by atoms with van der Waals surface area (Å²) in [4.78, 5) is 0. The van der Waals surface area contributed by atoms with Gasteiger partial charge in [0.1, 0.15) is 0 Å². The Morgan fingerprint density at radius 3 is 2.32 bits per heavy atom. The van der Waals surface area contributed by atoms with Gasteiger partial charge in [-0.25, -0.2) is 0 Å². The second-order valence-electron chi connectivity index (χ2n) is 5.16. The molecule has 1 aliphatic carbocycles. The molecule has 2 rings (SSSR count). The van der Waals surface area contributed by atoms with Crippen molar-refractivity contribution in [3.8, 4) is 0 Å². The van der Waals surface area contributed by atoms with Gasteiger partial charge < -0.3 is 5.73 Å². The van der Waals surface area contributed by atoms with E-state index >= 15 is 0 Å². The predicted molar refractivity (Wildman–Crippen MR) is 70.0 cm³/mol. The Bertz CT molecular complexity index is 439. The number of benzene rings is 1. The molecule has 1 aliphatic rings. The normalized spacial score (nSPS) is 19.4. The van der Waals surface area contributed by atoms with Crippen molar-refractivity contribution in [1.82, 2.24) is 0 Å². The maximum Gasteiger partial charge on any atom is 0.417 e. The lowest BCUT2D eigenvalue weighted by atomic mass is 9.81. The Hall–Kier alpha value is -0.740. The van der Waals surface area contributed by atoms with E-state index in [-0.39, 0.29) is 11.1 Å². The highest BCUT2D eigenvalue weighted by Gasteiger charge is 2.33. The second kappa shape index (κ2) is 5.71. The molecule has 1 aromatic rings. The third-order valence-electron chi connectivity index (χ3n) is 3.84. The first-order valence-electron chi connectivity index (χ1n) is 6.52. The minimum Gasteiger partial charge on any atom is -0.324 e. The van der Waals surface area contributed by atoms with Crippen LogP contribution in [0.2, 0.25) is 5.02 Å². The maximum absolute atomic E-state index is 12.6. The highest BCUT2D eigenvalue weighted by Crippen LogP contribution is 2.38. The van der Waals surface area contributed by atoms with E-state index in [4.69, 9.17) is 17.3 Å². The van der Waals surface area contributed by atoms with E-state index in [2.05, 4.69) is 0 Å². The fraction of sp³-hybridized carbons (Fsp3) is 0.571. The van der Waals surface area contributed by atoms with E-state index in [1.165, 1.54) is 18.6 Å². The molecule has 0 unspecified atom stereocenters. The summed E-state index contributed by atoms with van der Waals surface area (Å²) in [7, 11) is 0. The lowest BCUT2D eigenvalue weighted by Crippen LogP contribution is -2.23. The summed E-state index contributed by atoms with van der Waals surface area (Å²) in [5.74, 6) is 0.349. The fourth-order valence-electron chi connectivity index (χ4n) is 2.73. The predicted octanol–water partition coefficient (Wildman–Crippen LogP) is 4.94. The summed E-state index contributed by atoms with van der Waals surface area (Å²) in [5.41, 5.74) is 6.06. The molecule has 5 heteroatoms. The number of rotatable bonds is 2. The fourth-order valence-corrected chi connectivity index (χ4v) is 3.03. The lowest BCUT2D eigenvalue weighted by molar-refractivity contribution is -0.137. The van der Waals surface area contributed by atoms with E-state index in [0.29, 0.717) is 11.5 Å². The van der Waals surface area contributed by atoms with Crippen molar-refractivity contribution in [2.24, 2.45) is 11.7 Å². The first-order chi connectivity index (χ1) is 8.89. The molecule has 0 bridgehead atoms. The number of alkyl halides is 3. The third kappa shape index (κ3) is 3.42. The van der Waals surface area contributed by atoms with Gasteiger partial charge in [0.05, 0.1) is 10.6 Å². The highest BCUT2D eigenvalue weighted by molar-refractivity contribution is 6.31.